The van der Waals surface area contributed by atoms with Crippen molar-refractivity contribution in [2.45, 2.75) is 31.7 Å². The molecule has 2 aromatic rings. The zero-order chi connectivity index (χ0) is 11.0. The molecule has 2 heteroatoms. The largest absolute Gasteiger partial charge is 0.459 e. The topological polar surface area (TPSA) is 39.2 Å². The third-order valence-corrected chi connectivity index (χ3v) is 3.68. The summed E-state index contributed by atoms with van der Waals surface area (Å²) in [5.41, 5.74) is 7.22. The molecule has 1 unspecified atom stereocenters. The van der Waals surface area contributed by atoms with E-state index in [1.807, 2.05) is 18.2 Å². The first-order valence-electron chi connectivity index (χ1n) is 6.08. The number of hydrogen-bond acceptors (Lipinski definition) is 2. The fourth-order valence-corrected chi connectivity index (χ4v) is 2.72. The first-order valence-corrected chi connectivity index (χ1v) is 6.08. The van der Waals surface area contributed by atoms with Crippen LogP contribution in [0.25, 0.3) is 11.0 Å². The quantitative estimate of drug-likeness (QED) is 0.831. The van der Waals surface area contributed by atoms with Gasteiger partial charge in [0.2, 0.25) is 0 Å². The summed E-state index contributed by atoms with van der Waals surface area (Å²) in [4.78, 5) is 0. The Bertz CT molecular complexity index is 449. The summed E-state index contributed by atoms with van der Waals surface area (Å²) < 4.78 is 5.82. The molecule has 1 saturated carbocycles. The van der Waals surface area contributed by atoms with E-state index in [2.05, 4.69) is 12.1 Å². The van der Waals surface area contributed by atoms with Gasteiger partial charge in [-0.2, -0.15) is 0 Å². The summed E-state index contributed by atoms with van der Waals surface area (Å²) in [6.07, 6.45) is 5.13. The maximum absolute atomic E-state index is 6.27. The Morgan fingerprint density at radius 3 is 2.69 bits per heavy atom. The number of rotatable bonds is 2. The number of fused-ring (bicyclic) bond motifs is 1. The van der Waals surface area contributed by atoms with Crippen molar-refractivity contribution in [3.8, 4) is 0 Å². The summed E-state index contributed by atoms with van der Waals surface area (Å²) in [5.74, 6) is 1.56. The molecule has 1 heterocycles. The van der Waals surface area contributed by atoms with Crippen molar-refractivity contribution in [2.75, 3.05) is 0 Å². The molecule has 0 bridgehead atoms. The maximum atomic E-state index is 6.27. The molecule has 1 aromatic heterocycles. The van der Waals surface area contributed by atoms with Crippen LogP contribution in [0.3, 0.4) is 0 Å². The standard InChI is InChI=1S/C14H17NO/c15-14(10-5-1-2-6-10)13-9-11-7-3-4-8-12(11)16-13/h3-4,7-10,14H,1-2,5-6,15H2. The van der Waals surface area contributed by atoms with Crippen molar-refractivity contribution in [3.05, 3.63) is 36.1 Å². The second kappa shape index (κ2) is 3.95. The smallest absolute Gasteiger partial charge is 0.134 e. The van der Waals surface area contributed by atoms with Crippen molar-refractivity contribution in [1.29, 1.82) is 0 Å². The lowest BCUT2D eigenvalue weighted by molar-refractivity contribution is 0.380. The molecule has 84 valence electrons. The van der Waals surface area contributed by atoms with Crippen molar-refractivity contribution < 1.29 is 4.42 Å². The highest BCUT2D eigenvalue weighted by molar-refractivity contribution is 5.77. The SMILES string of the molecule is NC(c1cc2ccccc2o1)C1CCCC1. The second-order valence-corrected chi connectivity index (χ2v) is 4.76. The summed E-state index contributed by atoms with van der Waals surface area (Å²) in [6, 6.07) is 10.3. The van der Waals surface area contributed by atoms with Gasteiger partial charge in [0.05, 0.1) is 6.04 Å². The molecule has 0 radical (unpaired) electrons. The minimum absolute atomic E-state index is 0.0786. The van der Waals surface area contributed by atoms with Crippen LogP contribution in [0.5, 0.6) is 0 Å². The number of benzene rings is 1. The van der Waals surface area contributed by atoms with Crippen LogP contribution >= 0.6 is 0 Å². The summed E-state index contributed by atoms with van der Waals surface area (Å²) >= 11 is 0. The van der Waals surface area contributed by atoms with E-state index in [-0.39, 0.29) is 6.04 Å². The fourth-order valence-electron chi connectivity index (χ4n) is 2.72. The first-order chi connectivity index (χ1) is 7.84. The molecule has 1 aromatic carbocycles. The Hall–Kier alpha value is -1.28. The lowest BCUT2D eigenvalue weighted by atomic mass is 9.97. The predicted molar refractivity (Wildman–Crippen MR) is 65.1 cm³/mol. The molecule has 1 aliphatic rings. The van der Waals surface area contributed by atoms with Gasteiger partial charge in [0, 0.05) is 5.39 Å². The van der Waals surface area contributed by atoms with Crippen molar-refractivity contribution in [1.82, 2.24) is 0 Å². The molecule has 2 N–H and O–H groups in total. The van der Waals surface area contributed by atoms with E-state index in [0.717, 1.165) is 16.7 Å². The normalized spacial score (nSPS) is 19.3. The maximum Gasteiger partial charge on any atom is 0.134 e. The zero-order valence-electron chi connectivity index (χ0n) is 9.36. The average molecular weight is 215 g/mol. The van der Waals surface area contributed by atoms with Crippen LogP contribution in [0.4, 0.5) is 0 Å². The molecule has 16 heavy (non-hydrogen) atoms. The van der Waals surface area contributed by atoms with Crippen LogP contribution in [0, 0.1) is 5.92 Å². The van der Waals surface area contributed by atoms with Crippen LogP contribution < -0.4 is 5.73 Å². The van der Waals surface area contributed by atoms with E-state index < -0.39 is 0 Å². The minimum atomic E-state index is 0.0786. The number of hydrogen-bond donors (Lipinski definition) is 1. The van der Waals surface area contributed by atoms with Gasteiger partial charge in [0.15, 0.2) is 0 Å². The van der Waals surface area contributed by atoms with Gasteiger partial charge >= 0.3 is 0 Å². The van der Waals surface area contributed by atoms with Crippen molar-refractivity contribution in [2.24, 2.45) is 11.7 Å². The number of furan rings is 1. The van der Waals surface area contributed by atoms with Gasteiger partial charge in [0.1, 0.15) is 11.3 Å². The molecule has 0 amide bonds. The summed E-state index contributed by atoms with van der Waals surface area (Å²) in [6.45, 7) is 0. The van der Waals surface area contributed by atoms with Gasteiger partial charge in [-0.3, -0.25) is 0 Å². The Morgan fingerprint density at radius 2 is 1.94 bits per heavy atom. The molecule has 0 spiro atoms. The molecule has 1 fully saturated rings. The third kappa shape index (κ3) is 1.63. The van der Waals surface area contributed by atoms with Crippen LogP contribution in [0.1, 0.15) is 37.5 Å². The van der Waals surface area contributed by atoms with Gasteiger partial charge in [-0.25, -0.2) is 0 Å². The Labute approximate surface area is 95.4 Å². The molecule has 2 nitrogen and oxygen atoms in total. The van der Waals surface area contributed by atoms with Crippen LogP contribution in [-0.2, 0) is 0 Å². The molecule has 0 aliphatic heterocycles. The monoisotopic (exact) mass is 215 g/mol. The molecular weight excluding hydrogens is 198 g/mol. The Morgan fingerprint density at radius 1 is 1.19 bits per heavy atom. The van der Waals surface area contributed by atoms with Crippen molar-refractivity contribution >= 4 is 11.0 Å². The van der Waals surface area contributed by atoms with Gasteiger partial charge in [-0.1, -0.05) is 31.0 Å². The van der Waals surface area contributed by atoms with E-state index in [1.54, 1.807) is 0 Å². The van der Waals surface area contributed by atoms with E-state index in [9.17, 15) is 0 Å². The number of para-hydroxylation sites is 1. The lowest BCUT2D eigenvalue weighted by Gasteiger charge is -2.15. The Kier molecular flexibility index (Phi) is 2.44. The molecular formula is C14H17NO. The van der Waals surface area contributed by atoms with E-state index in [4.69, 9.17) is 10.2 Å². The summed E-state index contributed by atoms with van der Waals surface area (Å²) in [5, 5.41) is 1.16. The highest BCUT2D eigenvalue weighted by atomic mass is 16.3. The minimum Gasteiger partial charge on any atom is -0.459 e. The second-order valence-electron chi connectivity index (χ2n) is 4.76. The van der Waals surface area contributed by atoms with Crippen LogP contribution in [-0.4, -0.2) is 0 Å². The zero-order valence-corrected chi connectivity index (χ0v) is 9.36. The average Bonchev–Trinajstić information content (AvgIpc) is 2.97. The first kappa shape index (κ1) is 9.91. The van der Waals surface area contributed by atoms with E-state index >= 15 is 0 Å². The van der Waals surface area contributed by atoms with Crippen molar-refractivity contribution in [3.63, 3.8) is 0 Å². The summed E-state index contributed by atoms with van der Waals surface area (Å²) in [7, 11) is 0. The molecule has 3 rings (SSSR count). The van der Waals surface area contributed by atoms with Gasteiger partial charge in [-0.05, 0) is 30.9 Å². The van der Waals surface area contributed by atoms with Gasteiger partial charge < -0.3 is 10.2 Å². The van der Waals surface area contributed by atoms with Crippen LogP contribution in [0.2, 0.25) is 0 Å². The van der Waals surface area contributed by atoms with Gasteiger partial charge in [0.25, 0.3) is 0 Å². The van der Waals surface area contributed by atoms with Gasteiger partial charge in [-0.15, -0.1) is 0 Å². The fraction of sp³-hybridized carbons (Fsp3) is 0.429. The molecule has 0 saturated heterocycles. The lowest BCUT2D eigenvalue weighted by Crippen LogP contribution is -2.18. The van der Waals surface area contributed by atoms with E-state index in [0.29, 0.717) is 5.92 Å². The molecule has 1 aliphatic carbocycles. The number of nitrogens with two attached hydrogens (primary N) is 1. The highest BCUT2D eigenvalue weighted by Crippen LogP contribution is 2.35. The van der Waals surface area contributed by atoms with E-state index in [1.165, 1.54) is 25.7 Å². The predicted octanol–water partition coefficient (Wildman–Crippen LogP) is 3.62. The third-order valence-electron chi connectivity index (χ3n) is 3.68. The van der Waals surface area contributed by atoms with Crippen LogP contribution in [0.15, 0.2) is 34.7 Å². The Balaban J connectivity index is 1.92. The highest BCUT2D eigenvalue weighted by Gasteiger charge is 2.25. The molecule has 1 atom stereocenters.